The van der Waals surface area contributed by atoms with Gasteiger partial charge in [0, 0.05) is 18.8 Å². The first-order valence-corrected chi connectivity index (χ1v) is 14.1. The Morgan fingerprint density at radius 2 is 2.00 bits per heavy atom. The summed E-state index contributed by atoms with van der Waals surface area (Å²) in [6.07, 6.45) is 6.29. The molecule has 1 saturated heterocycles. The molecule has 2 atom stereocenters. The third-order valence-corrected chi connectivity index (χ3v) is 8.17. The highest BCUT2D eigenvalue weighted by atomic mass is 31.2. The van der Waals surface area contributed by atoms with Gasteiger partial charge in [-0.25, -0.2) is 0 Å². The molecule has 0 aliphatic carbocycles. The van der Waals surface area contributed by atoms with Gasteiger partial charge in [-0.1, -0.05) is 32.6 Å². The maximum Gasteiger partial charge on any atom is 0.334 e. The Hall–Kier alpha value is -2.66. The summed E-state index contributed by atoms with van der Waals surface area (Å²) < 4.78 is 30.4. The third-order valence-electron chi connectivity index (χ3n) is 6.29. The molecule has 3 rings (SSSR count). The lowest BCUT2D eigenvalue weighted by atomic mass is 9.93. The lowest BCUT2D eigenvalue weighted by Gasteiger charge is -2.30. The summed E-state index contributed by atoms with van der Waals surface area (Å²) in [5.41, 5.74) is 6.32. The van der Waals surface area contributed by atoms with Crippen LogP contribution in [-0.4, -0.2) is 36.8 Å². The summed E-state index contributed by atoms with van der Waals surface area (Å²) in [6, 6.07) is 9.85. The van der Waals surface area contributed by atoms with Crippen LogP contribution in [0.4, 0.5) is 0 Å². The van der Waals surface area contributed by atoms with Gasteiger partial charge in [0.1, 0.15) is 11.5 Å². The number of aryl methyl sites for hydroxylation is 2. The van der Waals surface area contributed by atoms with E-state index >= 15 is 0 Å². The largest absolute Gasteiger partial charge is 0.508 e. The minimum absolute atomic E-state index is 0.166. The number of aromatic hydroxyl groups is 1. The molecule has 6 nitrogen and oxygen atoms in total. The lowest BCUT2D eigenvalue weighted by Crippen LogP contribution is -2.24. The van der Waals surface area contributed by atoms with Crippen molar-refractivity contribution in [3.05, 3.63) is 82.6 Å². The second-order valence-corrected chi connectivity index (χ2v) is 11.6. The fourth-order valence-corrected chi connectivity index (χ4v) is 5.87. The molecule has 0 aromatic heterocycles. The Bertz CT molecular complexity index is 1160. The van der Waals surface area contributed by atoms with Crippen molar-refractivity contribution >= 4 is 13.8 Å². The summed E-state index contributed by atoms with van der Waals surface area (Å²) in [4.78, 5) is 4.03. The van der Waals surface area contributed by atoms with E-state index in [4.69, 9.17) is 13.8 Å². The summed E-state index contributed by atoms with van der Waals surface area (Å²) in [6.45, 7) is 14.7. The molecule has 2 aromatic carbocycles. The third kappa shape index (κ3) is 7.42. The predicted molar refractivity (Wildman–Crippen MR) is 147 cm³/mol. The van der Waals surface area contributed by atoms with Crippen molar-refractivity contribution in [2.45, 2.75) is 59.5 Å². The number of hydrogen-bond donors (Lipinski definition) is 1. The first kappa shape index (κ1) is 27.9. The molecule has 0 saturated carbocycles. The smallest absolute Gasteiger partial charge is 0.334 e. The molecule has 36 heavy (non-hydrogen) atoms. The SMILES string of the molecule is C=C(/C=C\N=C/C)[C@@H]1CCO[P@](=O)(CCOc2cc(C)c(Cc3ccc(O)c(C(C)C)c3)c(C)c2)O1. The van der Waals surface area contributed by atoms with Gasteiger partial charge >= 0.3 is 7.60 Å². The zero-order chi connectivity index (χ0) is 26.3. The number of nitrogens with zero attached hydrogens (tertiary/aromatic N) is 1. The molecule has 0 bridgehead atoms. The van der Waals surface area contributed by atoms with Crippen LogP contribution in [0.15, 0.2) is 59.8 Å². The maximum atomic E-state index is 13.1. The second-order valence-electron chi connectivity index (χ2n) is 9.46. The van der Waals surface area contributed by atoms with Crippen molar-refractivity contribution in [1.82, 2.24) is 0 Å². The lowest BCUT2D eigenvalue weighted by molar-refractivity contribution is 0.102. The molecular weight excluding hydrogens is 473 g/mol. The van der Waals surface area contributed by atoms with Gasteiger partial charge in [-0.3, -0.25) is 9.56 Å². The van der Waals surface area contributed by atoms with Crippen LogP contribution in [0.5, 0.6) is 11.5 Å². The topological polar surface area (TPSA) is 77.4 Å². The Kier molecular flexibility index (Phi) is 9.72. The average Bonchev–Trinajstić information content (AvgIpc) is 2.82. The van der Waals surface area contributed by atoms with E-state index < -0.39 is 7.60 Å². The molecule has 1 aliphatic rings. The molecule has 0 radical (unpaired) electrons. The van der Waals surface area contributed by atoms with Gasteiger partial charge in [-0.15, -0.1) is 0 Å². The summed E-state index contributed by atoms with van der Waals surface area (Å²) in [5.74, 6) is 1.33. The summed E-state index contributed by atoms with van der Waals surface area (Å²) >= 11 is 0. The molecule has 1 aliphatic heterocycles. The normalized spacial score (nSPS) is 20.4. The van der Waals surface area contributed by atoms with Gasteiger partial charge in [0.2, 0.25) is 0 Å². The van der Waals surface area contributed by atoms with E-state index in [1.165, 1.54) is 5.56 Å². The predicted octanol–water partition coefficient (Wildman–Crippen LogP) is 7.26. The highest BCUT2D eigenvalue weighted by Gasteiger charge is 2.34. The second kappa shape index (κ2) is 12.5. The van der Waals surface area contributed by atoms with Crippen LogP contribution < -0.4 is 4.74 Å². The van der Waals surface area contributed by atoms with Crippen molar-refractivity contribution in [2.24, 2.45) is 4.99 Å². The van der Waals surface area contributed by atoms with E-state index in [2.05, 4.69) is 45.3 Å². The zero-order valence-electron chi connectivity index (χ0n) is 22.0. The Morgan fingerprint density at radius 1 is 1.28 bits per heavy atom. The molecule has 7 heteroatoms. The van der Waals surface area contributed by atoms with Crippen LogP contribution in [0.1, 0.15) is 60.9 Å². The zero-order valence-corrected chi connectivity index (χ0v) is 22.9. The van der Waals surface area contributed by atoms with E-state index in [1.807, 2.05) is 25.1 Å². The van der Waals surface area contributed by atoms with Crippen LogP contribution in [0.25, 0.3) is 0 Å². The molecule has 0 amide bonds. The highest BCUT2D eigenvalue weighted by molar-refractivity contribution is 7.53. The van der Waals surface area contributed by atoms with Gasteiger partial charge in [0.05, 0.1) is 25.5 Å². The number of phenols is 1. The first-order valence-electron chi connectivity index (χ1n) is 12.4. The molecule has 0 unspecified atom stereocenters. The van der Waals surface area contributed by atoms with E-state index in [9.17, 15) is 9.67 Å². The van der Waals surface area contributed by atoms with E-state index in [1.54, 1.807) is 24.6 Å². The maximum absolute atomic E-state index is 13.1. The molecule has 194 valence electrons. The number of rotatable bonds is 10. The van der Waals surface area contributed by atoms with Crippen LogP contribution in [-0.2, 0) is 20.0 Å². The fourth-order valence-electron chi connectivity index (χ4n) is 4.25. The monoisotopic (exact) mass is 511 g/mol. The highest BCUT2D eigenvalue weighted by Crippen LogP contribution is 2.53. The quantitative estimate of drug-likeness (QED) is 0.206. The van der Waals surface area contributed by atoms with Crippen LogP contribution in [0.3, 0.4) is 0 Å². The first-order chi connectivity index (χ1) is 17.1. The minimum Gasteiger partial charge on any atom is -0.508 e. The summed E-state index contributed by atoms with van der Waals surface area (Å²) in [5, 5.41) is 10.1. The van der Waals surface area contributed by atoms with Crippen molar-refractivity contribution < 1.29 is 23.5 Å². The molecule has 0 spiro atoms. The molecule has 2 aromatic rings. The van der Waals surface area contributed by atoms with Crippen molar-refractivity contribution in [3.63, 3.8) is 0 Å². The fraction of sp³-hybridized carbons (Fsp3) is 0.414. The van der Waals surface area contributed by atoms with Crippen LogP contribution in [0, 0.1) is 13.8 Å². The average molecular weight is 512 g/mol. The van der Waals surface area contributed by atoms with Gasteiger partial charge in [0.15, 0.2) is 0 Å². The molecule has 1 fully saturated rings. The van der Waals surface area contributed by atoms with E-state index in [-0.39, 0.29) is 24.8 Å². The number of ether oxygens (including phenoxy) is 1. The van der Waals surface area contributed by atoms with Gasteiger partial charge in [-0.2, -0.15) is 0 Å². The van der Waals surface area contributed by atoms with Crippen molar-refractivity contribution in [1.29, 1.82) is 0 Å². The Morgan fingerprint density at radius 3 is 2.67 bits per heavy atom. The number of aliphatic imine (C=N–C) groups is 1. The van der Waals surface area contributed by atoms with Crippen molar-refractivity contribution in [3.8, 4) is 11.5 Å². The van der Waals surface area contributed by atoms with E-state index in [0.717, 1.165) is 40.0 Å². The Labute approximate surface area is 215 Å². The standard InChI is InChI=1S/C29H38NO5P/c1-7-30-12-10-21(4)29-11-13-34-36(32,35-29)15-14-33-25-16-22(5)27(23(6)17-25)19-24-8-9-28(31)26(18-24)20(2)3/h7-10,12,16-18,20,29,31H,4,11,13-15,19H2,1-3,5-6H3/b12-10-,30-7-/t29-,36+/m0/s1. The Balaban J connectivity index is 1.61. The van der Waals surface area contributed by atoms with E-state index in [0.29, 0.717) is 18.8 Å². The molecule has 1 N–H and O–H groups in total. The minimum atomic E-state index is -3.27. The summed E-state index contributed by atoms with van der Waals surface area (Å²) in [7, 11) is -3.27. The number of hydrogen-bond acceptors (Lipinski definition) is 6. The molecular formula is C29H38NO5P. The molecule has 1 heterocycles. The number of phenolic OH excluding ortho intramolecular Hbond substituents is 1. The van der Waals surface area contributed by atoms with Gasteiger partial charge in [0.25, 0.3) is 0 Å². The van der Waals surface area contributed by atoms with Gasteiger partial charge < -0.3 is 18.9 Å². The van der Waals surface area contributed by atoms with Crippen LogP contribution in [0.2, 0.25) is 0 Å². The number of benzene rings is 2. The van der Waals surface area contributed by atoms with Gasteiger partial charge in [-0.05, 0) is 90.8 Å². The van der Waals surface area contributed by atoms with Crippen LogP contribution >= 0.6 is 7.60 Å². The van der Waals surface area contributed by atoms with Crippen molar-refractivity contribution in [2.75, 3.05) is 19.4 Å².